The number of nitrogen functional groups attached to an aromatic ring is 1. The van der Waals surface area contributed by atoms with E-state index < -0.39 is 33.7 Å². The SMILES string of the molecule is Cc1c(N)c(C(=O)O)c(C)c([N+](=O)[O-])c1C(=O)O. The minimum absolute atomic E-state index is 0.128. The topological polar surface area (TPSA) is 144 Å². The summed E-state index contributed by atoms with van der Waals surface area (Å²) in [6, 6.07) is 0. The Morgan fingerprint density at radius 2 is 1.56 bits per heavy atom. The van der Waals surface area contributed by atoms with E-state index in [4.69, 9.17) is 15.9 Å². The van der Waals surface area contributed by atoms with Gasteiger partial charge >= 0.3 is 11.9 Å². The summed E-state index contributed by atoms with van der Waals surface area (Å²) in [6.07, 6.45) is 0. The molecule has 0 saturated carbocycles. The summed E-state index contributed by atoms with van der Waals surface area (Å²) in [4.78, 5) is 32.0. The molecule has 0 fully saturated rings. The maximum atomic E-state index is 11.0. The highest BCUT2D eigenvalue weighted by Crippen LogP contribution is 2.34. The van der Waals surface area contributed by atoms with Crippen LogP contribution in [0, 0.1) is 24.0 Å². The van der Waals surface area contributed by atoms with Crippen LogP contribution in [0.2, 0.25) is 0 Å². The number of carbonyl (C=O) groups is 2. The average molecular weight is 254 g/mol. The van der Waals surface area contributed by atoms with Crippen LogP contribution in [0.25, 0.3) is 0 Å². The summed E-state index contributed by atoms with van der Waals surface area (Å²) < 4.78 is 0. The number of benzene rings is 1. The van der Waals surface area contributed by atoms with Crippen LogP contribution in [0.15, 0.2) is 0 Å². The quantitative estimate of drug-likeness (QED) is 0.417. The van der Waals surface area contributed by atoms with Crippen molar-refractivity contribution in [3.8, 4) is 0 Å². The van der Waals surface area contributed by atoms with E-state index in [2.05, 4.69) is 0 Å². The molecule has 0 radical (unpaired) electrons. The number of anilines is 1. The summed E-state index contributed by atoms with van der Waals surface area (Å²) in [5.74, 6) is -2.96. The minimum atomic E-state index is -1.52. The number of nitro groups is 1. The van der Waals surface area contributed by atoms with E-state index in [-0.39, 0.29) is 16.8 Å². The zero-order valence-corrected chi connectivity index (χ0v) is 9.55. The van der Waals surface area contributed by atoms with E-state index in [1.807, 2.05) is 0 Å². The van der Waals surface area contributed by atoms with Gasteiger partial charge in [-0.2, -0.15) is 0 Å². The van der Waals surface area contributed by atoms with E-state index in [1.165, 1.54) is 6.92 Å². The molecule has 8 heteroatoms. The highest BCUT2D eigenvalue weighted by molar-refractivity contribution is 6.04. The fraction of sp³-hybridized carbons (Fsp3) is 0.200. The molecule has 0 aromatic heterocycles. The van der Waals surface area contributed by atoms with Gasteiger partial charge in [0.1, 0.15) is 5.56 Å². The number of nitrogens with two attached hydrogens (primary N) is 1. The van der Waals surface area contributed by atoms with Gasteiger partial charge in [-0.25, -0.2) is 9.59 Å². The Bertz CT molecular complexity index is 578. The van der Waals surface area contributed by atoms with E-state index >= 15 is 0 Å². The van der Waals surface area contributed by atoms with Crippen molar-refractivity contribution in [1.29, 1.82) is 0 Å². The van der Waals surface area contributed by atoms with E-state index in [0.717, 1.165) is 6.92 Å². The highest BCUT2D eigenvalue weighted by atomic mass is 16.6. The summed E-state index contributed by atoms with van der Waals surface area (Å²) in [5.41, 5.74) is 3.08. The third kappa shape index (κ3) is 1.83. The molecular formula is C10H10N2O6. The van der Waals surface area contributed by atoms with Crippen LogP contribution >= 0.6 is 0 Å². The van der Waals surface area contributed by atoms with E-state index in [1.54, 1.807) is 0 Å². The molecule has 0 heterocycles. The van der Waals surface area contributed by atoms with Crippen molar-refractivity contribution in [3.05, 3.63) is 32.4 Å². The normalized spacial score (nSPS) is 10.1. The number of hydrogen-bond acceptors (Lipinski definition) is 5. The van der Waals surface area contributed by atoms with Gasteiger partial charge in [0.05, 0.1) is 16.2 Å². The summed E-state index contributed by atoms with van der Waals surface area (Å²) in [7, 11) is 0. The van der Waals surface area contributed by atoms with Crippen LogP contribution in [-0.2, 0) is 0 Å². The van der Waals surface area contributed by atoms with Crippen LogP contribution < -0.4 is 5.73 Å². The number of carboxylic acids is 2. The molecule has 0 spiro atoms. The van der Waals surface area contributed by atoms with Gasteiger partial charge in [0.15, 0.2) is 0 Å². The van der Waals surface area contributed by atoms with Crippen molar-refractivity contribution in [2.24, 2.45) is 0 Å². The predicted molar refractivity (Wildman–Crippen MR) is 60.9 cm³/mol. The lowest BCUT2D eigenvalue weighted by Gasteiger charge is -2.12. The monoisotopic (exact) mass is 254 g/mol. The zero-order valence-electron chi connectivity index (χ0n) is 9.55. The molecule has 0 aliphatic heterocycles. The van der Waals surface area contributed by atoms with Crippen LogP contribution in [-0.4, -0.2) is 27.1 Å². The van der Waals surface area contributed by atoms with Gasteiger partial charge in [0.25, 0.3) is 5.69 Å². The molecule has 0 atom stereocenters. The van der Waals surface area contributed by atoms with Gasteiger partial charge in [0.2, 0.25) is 0 Å². The molecule has 1 aromatic rings. The average Bonchev–Trinajstić information content (AvgIpc) is 2.21. The van der Waals surface area contributed by atoms with E-state index in [0.29, 0.717) is 0 Å². The molecule has 0 bridgehead atoms. The van der Waals surface area contributed by atoms with Crippen LogP contribution in [0.1, 0.15) is 31.8 Å². The van der Waals surface area contributed by atoms with E-state index in [9.17, 15) is 19.7 Å². The molecule has 0 amide bonds. The summed E-state index contributed by atoms with van der Waals surface area (Å²) in [6.45, 7) is 2.39. The smallest absolute Gasteiger partial charge is 0.343 e. The van der Waals surface area contributed by atoms with Gasteiger partial charge in [-0.1, -0.05) is 0 Å². The summed E-state index contributed by atoms with van der Waals surface area (Å²) in [5, 5.41) is 28.8. The van der Waals surface area contributed by atoms with Crippen molar-refractivity contribution < 1.29 is 24.7 Å². The molecule has 1 aromatic carbocycles. The number of aromatic carboxylic acids is 2. The van der Waals surface area contributed by atoms with Gasteiger partial charge in [-0.05, 0) is 19.4 Å². The van der Waals surface area contributed by atoms with Crippen molar-refractivity contribution in [1.82, 2.24) is 0 Å². The Hall–Kier alpha value is -2.64. The fourth-order valence-electron chi connectivity index (χ4n) is 1.77. The molecule has 0 aliphatic carbocycles. The molecular weight excluding hydrogens is 244 g/mol. The predicted octanol–water partition coefficient (Wildman–Crippen LogP) is 1.19. The zero-order chi connectivity index (χ0) is 14.2. The first-order valence-corrected chi connectivity index (χ1v) is 4.73. The second-order valence-corrected chi connectivity index (χ2v) is 3.63. The third-order valence-corrected chi connectivity index (χ3v) is 2.63. The van der Waals surface area contributed by atoms with Gasteiger partial charge < -0.3 is 15.9 Å². The summed E-state index contributed by atoms with van der Waals surface area (Å²) >= 11 is 0. The Morgan fingerprint density at radius 3 is 1.89 bits per heavy atom. The van der Waals surface area contributed by atoms with Crippen molar-refractivity contribution in [2.45, 2.75) is 13.8 Å². The second-order valence-electron chi connectivity index (χ2n) is 3.63. The molecule has 4 N–H and O–H groups in total. The largest absolute Gasteiger partial charge is 0.478 e. The molecule has 96 valence electrons. The van der Waals surface area contributed by atoms with Crippen molar-refractivity contribution >= 4 is 23.3 Å². The number of nitrogens with zero attached hydrogens (tertiary/aromatic N) is 1. The Balaban J connectivity index is 3.94. The number of hydrogen-bond donors (Lipinski definition) is 3. The third-order valence-electron chi connectivity index (χ3n) is 2.63. The molecule has 0 saturated heterocycles. The lowest BCUT2D eigenvalue weighted by Crippen LogP contribution is -2.15. The second kappa shape index (κ2) is 4.32. The lowest BCUT2D eigenvalue weighted by molar-refractivity contribution is -0.385. The highest BCUT2D eigenvalue weighted by Gasteiger charge is 2.32. The lowest BCUT2D eigenvalue weighted by atomic mass is 9.94. The standard InChI is InChI=1S/C10H10N2O6/c1-3-6(10(15)16)8(12(17)18)4(2)5(7(3)11)9(13)14/h11H2,1-2H3,(H,13,14)(H,15,16). The van der Waals surface area contributed by atoms with Crippen LogP contribution in [0.5, 0.6) is 0 Å². The Kier molecular flexibility index (Phi) is 3.22. The van der Waals surface area contributed by atoms with Crippen LogP contribution in [0.3, 0.4) is 0 Å². The number of carboxylic acid groups (broad SMARTS) is 2. The number of rotatable bonds is 3. The molecule has 8 nitrogen and oxygen atoms in total. The molecule has 0 aliphatic rings. The van der Waals surface area contributed by atoms with Crippen molar-refractivity contribution in [2.75, 3.05) is 5.73 Å². The number of nitro benzene ring substituents is 1. The molecule has 0 unspecified atom stereocenters. The van der Waals surface area contributed by atoms with Gasteiger partial charge in [0, 0.05) is 5.56 Å². The fourth-order valence-corrected chi connectivity index (χ4v) is 1.77. The van der Waals surface area contributed by atoms with Gasteiger partial charge in [-0.3, -0.25) is 10.1 Å². The minimum Gasteiger partial charge on any atom is -0.478 e. The first kappa shape index (κ1) is 13.4. The Morgan fingerprint density at radius 1 is 1.11 bits per heavy atom. The first-order chi connectivity index (χ1) is 8.20. The molecule has 1 rings (SSSR count). The Labute approximate surface area is 101 Å². The molecule has 18 heavy (non-hydrogen) atoms. The van der Waals surface area contributed by atoms with Gasteiger partial charge in [-0.15, -0.1) is 0 Å². The maximum absolute atomic E-state index is 11.0. The maximum Gasteiger partial charge on any atom is 0.343 e. The van der Waals surface area contributed by atoms with Crippen LogP contribution in [0.4, 0.5) is 11.4 Å². The van der Waals surface area contributed by atoms with Crippen molar-refractivity contribution in [3.63, 3.8) is 0 Å². The first-order valence-electron chi connectivity index (χ1n) is 4.73.